The van der Waals surface area contributed by atoms with Crippen LogP contribution in [-0.4, -0.2) is 4.98 Å². The van der Waals surface area contributed by atoms with Crippen LogP contribution in [0.2, 0.25) is 0 Å². The van der Waals surface area contributed by atoms with E-state index in [0.29, 0.717) is 5.89 Å². The first-order valence-corrected chi connectivity index (χ1v) is 6.79. The molecular weight excluding hydrogens is 248 g/mol. The van der Waals surface area contributed by atoms with Crippen molar-refractivity contribution in [2.45, 2.75) is 27.3 Å². The summed E-state index contributed by atoms with van der Waals surface area (Å²) >= 11 is 0. The number of anilines is 1. The maximum atomic E-state index is 5.48. The van der Waals surface area contributed by atoms with Gasteiger partial charge in [-0.05, 0) is 43.2 Å². The Balaban J connectivity index is 1.80. The van der Waals surface area contributed by atoms with Gasteiger partial charge in [-0.3, -0.25) is 0 Å². The topological polar surface area (TPSA) is 38.1 Å². The van der Waals surface area contributed by atoms with Gasteiger partial charge in [-0.2, -0.15) is 0 Å². The van der Waals surface area contributed by atoms with Crippen molar-refractivity contribution >= 4 is 16.8 Å². The van der Waals surface area contributed by atoms with E-state index in [2.05, 4.69) is 42.3 Å². The summed E-state index contributed by atoms with van der Waals surface area (Å²) < 4.78 is 5.48. The number of oxazole rings is 1. The number of hydrogen-bond acceptors (Lipinski definition) is 3. The number of aryl methyl sites for hydroxylation is 3. The van der Waals surface area contributed by atoms with E-state index in [4.69, 9.17) is 4.42 Å². The Morgan fingerprint density at radius 1 is 1.05 bits per heavy atom. The molecule has 0 unspecified atom stereocenters. The molecule has 0 spiro atoms. The third-order valence-corrected chi connectivity index (χ3v) is 3.48. The predicted octanol–water partition coefficient (Wildman–Crippen LogP) is 4.37. The second-order valence-corrected chi connectivity index (χ2v) is 5.20. The molecule has 2 aromatic carbocycles. The quantitative estimate of drug-likeness (QED) is 0.765. The van der Waals surface area contributed by atoms with Gasteiger partial charge in [0.2, 0.25) is 0 Å². The van der Waals surface area contributed by atoms with Crippen LogP contribution in [0.5, 0.6) is 0 Å². The van der Waals surface area contributed by atoms with Crippen molar-refractivity contribution in [1.29, 1.82) is 0 Å². The third-order valence-electron chi connectivity index (χ3n) is 3.48. The maximum absolute atomic E-state index is 5.48. The Morgan fingerprint density at radius 3 is 2.75 bits per heavy atom. The molecule has 3 rings (SSSR count). The molecule has 0 saturated heterocycles. The van der Waals surface area contributed by atoms with Gasteiger partial charge >= 0.3 is 0 Å². The molecule has 1 aromatic heterocycles. The SMILES string of the molecule is Cc1ccc(C)c(CNc2ccc3oc(C)nc3c2)c1. The molecule has 0 fully saturated rings. The van der Waals surface area contributed by atoms with E-state index in [1.165, 1.54) is 16.7 Å². The zero-order valence-corrected chi connectivity index (χ0v) is 12.0. The van der Waals surface area contributed by atoms with Crippen molar-refractivity contribution in [3.8, 4) is 0 Å². The van der Waals surface area contributed by atoms with E-state index in [0.717, 1.165) is 23.3 Å². The first kappa shape index (κ1) is 12.7. The van der Waals surface area contributed by atoms with Gasteiger partial charge in [-0.15, -0.1) is 0 Å². The average molecular weight is 266 g/mol. The molecule has 0 atom stereocenters. The number of nitrogens with one attached hydrogen (secondary N) is 1. The van der Waals surface area contributed by atoms with Gasteiger partial charge in [0.05, 0.1) is 0 Å². The molecule has 1 N–H and O–H groups in total. The van der Waals surface area contributed by atoms with Gasteiger partial charge in [0.1, 0.15) is 5.52 Å². The summed E-state index contributed by atoms with van der Waals surface area (Å²) in [4.78, 5) is 4.35. The molecule has 102 valence electrons. The van der Waals surface area contributed by atoms with Crippen LogP contribution in [0.25, 0.3) is 11.1 Å². The van der Waals surface area contributed by atoms with Gasteiger partial charge in [-0.25, -0.2) is 4.98 Å². The maximum Gasteiger partial charge on any atom is 0.192 e. The Morgan fingerprint density at radius 2 is 1.90 bits per heavy atom. The molecule has 1 heterocycles. The normalized spacial score (nSPS) is 10.9. The van der Waals surface area contributed by atoms with Crippen molar-refractivity contribution in [1.82, 2.24) is 4.98 Å². The van der Waals surface area contributed by atoms with Crippen LogP contribution in [0.3, 0.4) is 0 Å². The smallest absolute Gasteiger partial charge is 0.192 e. The summed E-state index contributed by atoms with van der Waals surface area (Å²) in [5.74, 6) is 0.701. The fraction of sp³-hybridized carbons (Fsp3) is 0.235. The van der Waals surface area contributed by atoms with Crippen LogP contribution in [0.4, 0.5) is 5.69 Å². The van der Waals surface area contributed by atoms with Crippen molar-refractivity contribution in [3.63, 3.8) is 0 Å². The second-order valence-electron chi connectivity index (χ2n) is 5.20. The fourth-order valence-electron chi connectivity index (χ4n) is 2.34. The lowest BCUT2D eigenvalue weighted by Gasteiger charge is -2.10. The molecule has 0 aliphatic rings. The monoisotopic (exact) mass is 266 g/mol. The van der Waals surface area contributed by atoms with E-state index in [9.17, 15) is 0 Å². The van der Waals surface area contributed by atoms with Crippen LogP contribution < -0.4 is 5.32 Å². The predicted molar refractivity (Wildman–Crippen MR) is 82.0 cm³/mol. The van der Waals surface area contributed by atoms with Crippen molar-refractivity contribution < 1.29 is 4.42 Å². The zero-order chi connectivity index (χ0) is 14.1. The summed E-state index contributed by atoms with van der Waals surface area (Å²) in [5, 5.41) is 3.45. The Bertz CT molecular complexity index is 759. The van der Waals surface area contributed by atoms with Gasteiger partial charge < -0.3 is 9.73 Å². The molecule has 3 nitrogen and oxygen atoms in total. The van der Waals surface area contributed by atoms with Crippen LogP contribution >= 0.6 is 0 Å². The standard InChI is InChI=1S/C17H18N2O/c1-11-4-5-12(2)14(8-11)10-18-15-6-7-17-16(9-15)19-13(3)20-17/h4-9,18H,10H2,1-3H3. The molecule has 3 aromatic rings. The van der Waals surface area contributed by atoms with Gasteiger partial charge in [-0.1, -0.05) is 23.8 Å². The fourth-order valence-corrected chi connectivity index (χ4v) is 2.34. The van der Waals surface area contributed by atoms with Crippen LogP contribution in [0, 0.1) is 20.8 Å². The number of nitrogens with zero attached hydrogens (tertiary/aromatic N) is 1. The first-order valence-electron chi connectivity index (χ1n) is 6.79. The number of rotatable bonds is 3. The third kappa shape index (κ3) is 2.52. The number of benzene rings is 2. The molecule has 0 saturated carbocycles. The molecule has 20 heavy (non-hydrogen) atoms. The lowest BCUT2D eigenvalue weighted by Crippen LogP contribution is -2.01. The number of hydrogen-bond donors (Lipinski definition) is 1. The molecular formula is C17H18N2O. The van der Waals surface area contributed by atoms with E-state index in [1.807, 2.05) is 25.1 Å². The molecule has 0 aliphatic heterocycles. The van der Waals surface area contributed by atoms with Gasteiger partial charge in [0.15, 0.2) is 11.5 Å². The van der Waals surface area contributed by atoms with Crippen LogP contribution in [0.1, 0.15) is 22.6 Å². The minimum atomic E-state index is 0.701. The molecule has 0 bridgehead atoms. The molecule has 3 heteroatoms. The van der Waals surface area contributed by atoms with Crippen molar-refractivity contribution in [2.75, 3.05) is 5.32 Å². The Kier molecular flexibility index (Phi) is 3.18. The molecule has 0 amide bonds. The van der Waals surface area contributed by atoms with Crippen molar-refractivity contribution in [2.24, 2.45) is 0 Å². The highest BCUT2D eigenvalue weighted by molar-refractivity contribution is 5.77. The summed E-state index contributed by atoms with van der Waals surface area (Å²) in [6, 6.07) is 12.5. The highest BCUT2D eigenvalue weighted by Crippen LogP contribution is 2.20. The summed E-state index contributed by atoms with van der Waals surface area (Å²) in [6.07, 6.45) is 0. The zero-order valence-electron chi connectivity index (χ0n) is 12.0. The summed E-state index contributed by atoms with van der Waals surface area (Å²) in [5.41, 5.74) is 6.71. The van der Waals surface area contributed by atoms with E-state index >= 15 is 0 Å². The average Bonchev–Trinajstić information content (AvgIpc) is 2.79. The first-order chi connectivity index (χ1) is 9.61. The van der Waals surface area contributed by atoms with Crippen LogP contribution in [-0.2, 0) is 6.54 Å². The minimum absolute atomic E-state index is 0.701. The summed E-state index contributed by atoms with van der Waals surface area (Å²) in [7, 11) is 0. The second kappa shape index (κ2) is 5.00. The number of fused-ring (bicyclic) bond motifs is 1. The highest BCUT2D eigenvalue weighted by Gasteiger charge is 2.04. The largest absolute Gasteiger partial charge is 0.441 e. The lowest BCUT2D eigenvalue weighted by atomic mass is 10.1. The summed E-state index contributed by atoms with van der Waals surface area (Å²) in [6.45, 7) is 6.94. The van der Waals surface area contributed by atoms with E-state index in [-0.39, 0.29) is 0 Å². The van der Waals surface area contributed by atoms with E-state index in [1.54, 1.807) is 0 Å². The Hall–Kier alpha value is -2.29. The van der Waals surface area contributed by atoms with Crippen LogP contribution in [0.15, 0.2) is 40.8 Å². The lowest BCUT2D eigenvalue weighted by molar-refractivity contribution is 0.561. The van der Waals surface area contributed by atoms with Gasteiger partial charge in [0, 0.05) is 19.2 Å². The molecule has 0 aliphatic carbocycles. The van der Waals surface area contributed by atoms with Crippen molar-refractivity contribution in [3.05, 3.63) is 59.0 Å². The Labute approximate surface area is 118 Å². The number of aromatic nitrogens is 1. The van der Waals surface area contributed by atoms with Gasteiger partial charge in [0.25, 0.3) is 0 Å². The molecule has 0 radical (unpaired) electrons. The minimum Gasteiger partial charge on any atom is -0.441 e. The van der Waals surface area contributed by atoms with E-state index < -0.39 is 0 Å². The highest BCUT2D eigenvalue weighted by atomic mass is 16.3.